The summed E-state index contributed by atoms with van der Waals surface area (Å²) in [7, 11) is 1.58. The van der Waals surface area contributed by atoms with Crippen LogP contribution in [0.15, 0.2) is 40.9 Å². The van der Waals surface area contributed by atoms with E-state index in [2.05, 4.69) is 22.0 Å². The summed E-state index contributed by atoms with van der Waals surface area (Å²) in [5.74, 6) is 1.25. The Morgan fingerprint density at radius 3 is 2.74 bits per heavy atom. The molecule has 2 rings (SSSR count). The zero-order valence-electron chi connectivity index (χ0n) is 12.8. The summed E-state index contributed by atoms with van der Waals surface area (Å²) in [5, 5.41) is 10.0. The van der Waals surface area contributed by atoms with Crippen molar-refractivity contribution in [2.45, 2.75) is 6.92 Å². The fraction of sp³-hybridized carbons (Fsp3) is 0.167. The van der Waals surface area contributed by atoms with Crippen LogP contribution in [0.1, 0.15) is 18.1 Å². The summed E-state index contributed by atoms with van der Waals surface area (Å²) in [4.78, 5) is 0. The van der Waals surface area contributed by atoms with Crippen molar-refractivity contribution in [3.63, 3.8) is 0 Å². The molecular formula is C18H15BrClNO2. The van der Waals surface area contributed by atoms with Gasteiger partial charge in [-0.2, -0.15) is 5.26 Å². The highest BCUT2D eigenvalue weighted by molar-refractivity contribution is 9.10. The van der Waals surface area contributed by atoms with E-state index in [0.29, 0.717) is 28.7 Å². The first kappa shape index (κ1) is 17.4. The van der Waals surface area contributed by atoms with Gasteiger partial charge in [0.15, 0.2) is 11.5 Å². The van der Waals surface area contributed by atoms with Gasteiger partial charge >= 0.3 is 0 Å². The lowest BCUT2D eigenvalue weighted by Crippen LogP contribution is -1.97. The minimum atomic E-state index is 0.519. The zero-order chi connectivity index (χ0) is 16.8. The standard InChI is InChI=1S/C18H15BrClNO2/c1-3-23-18-16(19)8-12(9-17(18)22-2)7-14(11-21)13-5-4-6-15(20)10-13/h4-10H,3H2,1-2H3/b14-7-. The second-order valence-corrected chi connectivity index (χ2v) is 5.94. The van der Waals surface area contributed by atoms with Crippen molar-refractivity contribution in [3.05, 3.63) is 57.0 Å². The molecule has 0 saturated heterocycles. The molecule has 0 aliphatic rings. The van der Waals surface area contributed by atoms with Crippen molar-refractivity contribution in [1.82, 2.24) is 0 Å². The van der Waals surface area contributed by atoms with Crippen LogP contribution in [0.4, 0.5) is 0 Å². The molecule has 0 aromatic heterocycles. The maximum absolute atomic E-state index is 9.44. The molecule has 0 aliphatic heterocycles. The molecule has 23 heavy (non-hydrogen) atoms. The maximum Gasteiger partial charge on any atom is 0.175 e. The molecule has 3 nitrogen and oxygen atoms in total. The fourth-order valence-corrected chi connectivity index (χ4v) is 2.87. The lowest BCUT2D eigenvalue weighted by molar-refractivity contribution is 0.309. The Morgan fingerprint density at radius 2 is 2.13 bits per heavy atom. The molecule has 118 valence electrons. The largest absolute Gasteiger partial charge is 0.493 e. The molecule has 0 amide bonds. The van der Waals surface area contributed by atoms with Gasteiger partial charge in [0.2, 0.25) is 0 Å². The van der Waals surface area contributed by atoms with Crippen molar-refractivity contribution in [2.24, 2.45) is 0 Å². The smallest absolute Gasteiger partial charge is 0.175 e. The van der Waals surface area contributed by atoms with Crippen LogP contribution in [-0.4, -0.2) is 13.7 Å². The summed E-state index contributed by atoms with van der Waals surface area (Å²) in [6, 6.07) is 13.1. The van der Waals surface area contributed by atoms with Gasteiger partial charge in [-0.05, 0) is 64.3 Å². The van der Waals surface area contributed by atoms with Crippen LogP contribution in [0.25, 0.3) is 11.6 Å². The number of hydrogen-bond acceptors (Lipinski definition) is 3. The third-order valence-electron chi connectivity index (χ3n) is 3.11. The number of nitrogens with zero attached hydrogens (tertiary/aromatic N) is 1. The van der Waals surface area contributed by atoms with Crippen molar-refractivity contribution in [2.75, 3.05) is 13.7 Å². The molecule has 0 saturated carbocycles. The summed E-state index contributed by atoms with van der Waals surface area (Å²) in [5.41, 5.74) is 2.11. The average molecular weight is 393 g/mol. The molecule has 2 aromatic carbocycles. The summed E-state index contributed by atoms with van der Waals surface area (Å²) in [6.45, 7) is 2.45. The number of rotatable bonds is 5. The average Bonchev–Trinajstić information content (AvgIpc) is 2.54. The first-order chi connectivity index (χ1) is 11.1. The molecule has 2 aromatic rings. The molecule has 0 heterocycles. The first-order valence-corrected chi connectivity index (χ1v) is 8.14. The highest BCUT2D eigenvalue weighted by Gasteiger charge is 2.11. The third-order valence-corrected chi connectivity index (χ3v) is 3.93. The van der Waals surface area contributed by atoms with Crippen LogP contribution < -0.4 is 9.47 Å². The number of benzene rings is 2. The van der Waals surface area contributed by atoms with E-state index in [0.717, 1.165) is 15.6 Å². The fourth-order valence-electron chi connectivity index (χ4n) is 2.11. The van der Waals surface area contributed by atoms with Gasteiger partial charge in [0.25, 0.3) is 0 Å². The van der Waals surface area contributed by atoms with Gasteiger partial charge in [-0.15, -0.1) is 0 Å². The Balaban J connectivity index is 2.49. The number of allylic oxidation sites excluding steroid dienone is 1. The van der Waals surface area contributed by atoms with Gasteiger partial charge in [-0.3, -0.25) is 0 Å². The monoisotopic (exact) mass is 391 g/mol. The lowest BCUT2D eigenvalue weighted by atomic mass is 10.0. The maximum atomic E-state index is 9.44. The van der Waals surface area contributed by atoms with Crippen molar-refractivity contribution >= 4 is 39.2 Å². The van der Waals surface area contributed by atoms with Gasteiger partial charge < -0.3 is 9.47 Å². The quantitative estimate of drug-likeness (QED) is 0.493. The van der Waals surface area contributed by atoms with E-state index in [-0.39, 0.29) is 0 Å². The van der Waals surface area contributed by atoms with Gasteiger partial charge in [0, 0.05) is 5.02 Å². The van der Waals surface area contributed by atoms with Crippen LogP contribution >= 0.6 is 27.5 Å². The number of hydrogen-bond donors (Lipinski definition) is 0. The molecule has 0 bridgehead atoms. The number of halogens is 2. The summed E-state index contributed by atoms with van der Waals surface area (Å²) < 4.78 is 11.7. The minimum Gasteiger partial charge on any atom is -0.493 e. The topological polar surface area (TPSA) is 42.2 Å². The van der Waals surface area contributed by atoms with E-state index < -0.39 is 0 Å². The predicted octanol–water partition coefficient (Wildman–Crippen LogP) is 5.57. The normalized spacial score (nSPS) is 11.0. The van der Waals surface area contributed by atoms with Gasteiger partial charge in [0.1, 0.15) is 0 Å². The van der Waals surface area contributed by atoms with E-state index in [1.165, 1.54) is 0 Å². The van der Waals surface area contributed by atoms with Crippen LogP contribution in [0, 0.1) is 11.3 Å². The van der Waals surface area contributed by atoms with Crippen LogP contribution in [0.5, 0.6) is 11.5 Å². The van der Waals surface area contributed by atoms with Crippen LogP contribution in [0.2, 0.25) is 5.02 Å². The highest BCUT2D eigenvalue weighted by Crippen LogP contribution is 2.37. The Kier molecular flexibility index (Phi) is 6.09. The Morgan fingerprint density at radius 1 is 1.35 bits per heavy atom. The zero-order valence-corrected chi connectivity index (χ0v) is 15.1. The molecule has 0 spiro atoms. The summed E-state index contributed by atoms with van der Waals surface area (Å²) in [6.07, 6.45) is 1.79. The van der Waals surface area contributed by atoms with E-state index in [4.69, 9.17) is 21.1 Å². The van der Waals surface area contributed by atoms with Gasteiger partial charge in [-0.1, -0.05) is 23.7 Å². The lowest BCUT2D eigenvalue weighted by Gasteiger charge is -2.12. The molecule has 5 heteroatoms. The van der Waals surface area contributed by atoms with Gasteiger partial charge in [0.05, 0.1) is 29.8 Å². The highest BCUT2D eigenvalue weighted by atomic mass is 79.9. The molecule has 0 fully saturated rings. The Hall–Kier alpha value is -1.96. The van der Waals surface area contributed by atoms with E-state index in [9.17, 15) is 5.26 Å². The first-order valence-electron chi connectivity index (χ1n) is 6.97. The number of ether oxygens (including phenoxy) is 2. The molecule has 0 radical (unpaired) electrons. The van der Waals surface area contributed by atoms with Crippen molar-refractivity contribution in [3.8, 4) is 17.6 Å². The SMILES string of the molecule is CCOc1c(Br)cc(/C=C(/C#N)c2cccc(Cl)c2)cc1OC. The molecule has 0 atom stereocenters. The molecule has 0 N–H and O–H groups in total. The number of nitriles is 1. The van der Waals surface area contributed by atoms with Crippen LogP contribution in [-0.2, 0) is 0 Å². The van der Waals surface area contributed by atoms with Crippen molar-refractivity contribution in [1.29, 1.82) is 5.26 Å². The Labute approximate surface area is 149 Å². The molecule has 0 unspecified atom stereocenters. The third kappa shape index (κ3) is 4.28. The minimum absolute atomic E-state index is 0.519. The molecule has 0 aliphatic carbocycles. The summed E-state index contributed by atoms with van der Waals surface area (Å²) >= 11 is 9.48. The van der Waals surface area contributed by atoms with E-state index in [1.54, 1.807) is 25.3 Å². The second-order valence-electron chi connectivity index (χ2n) is 4.65. The Bertz CT molecular complexity index is 781. The van der Waals surface area contributed by atoms with E-state index >= 15 is 0 Å². The van der Waals surface area contributed by atoms with Gasteiger partial charge in [-0.25, -0.2) is 0 Å². The molecular weight excluding hydrogens is 378 g/mol. The van der Waals surface area contributed by atoms with Crippen LogP contribution in [0.3, 0.4) is 0 Å². The second kappa shape index (κ2) is 8.05. The van der Waals surface area contributed by atoms with E-state index in [1.807, 2.05) is 31.2 Å². The predicted molar refractivity (Wildman–Crippen MR) is 96.8 cm³/mol. The van der Waals surface area contributed by atoms with Crippen molar-refractivity contribution < 1.29 is 9.47 Å². The number of methoxy groups -OCH3 is 1.